The van der Waals surface area contributed by atoms with Crippen molar-refractivity contribution in [1.82, 2.24) is 20.4 Å². The number of aromatic nitrogens is 3. The molecule has 0 saturated heterocycles. The van der Waals surface area contributed by atoms with Crippen molar-refractivity contribution in [3.63, 3.8) is 0 Å². The topological polar surface area (TPSA) is 80.9 Å². The minimum atomic E-state index is -0.0990. The highest BCUT2D eigenvalue weighted by atomic mass is 32.2. The standard InChI is InChI=1S/C14H12N4O2S2/c19-13(9-22-14-15-4-2-5-16-14)17-8-10-7-11(20-18-10)12-3-1-6-21-12/h1-7H,8-9H2,(H,17,19). The van der Waals surface area contributed by atoms with E-state index in [1.54, 1.807) is 29.8 Å². The number of hydrogen-bond acceptors (Lipinski definition) is 7. The monoisotopic (exact) mass is 332 g/mol. The lowest BCUT2D eigenvalue weighted by Crippen LogP contribution is -2.24. The van der Waals surface area contributed by atoms with Crippen molar-refractivity contribution >= 4 is 29.0 Å². The van der Waals surface area contributed by atoms with Crippen molar-refractivity contribution < 1.29 is 9.32 Å². The molecule has 8 heteroatoms. The van der Waals surface area contributed by atoms with E-state index < -0.39 is 0 Å². The highest BCUT2D eigenvalue weighted by Crippen LogP contribution is 2.25. The quantitative estimate of drug-likeness (QED) is 0.552. The first-order chi connectivity index (χ1) is 10.8. The van der Waals surface area contributed by atoms with Crippen LogP contribution in [-0.2, 0) is 11.3 Å². The molecule has 0 aromatic carbocycles. The largest absolute Gasteiger partial charge is 0.355 e. The Morgan fingerprint density at radius 3 is 2.95 bits per heavy atom. The third-order valence-electron chi connectivity index (χ3n) is 2.66. The number of thiophene rings is 1. The number of amides is 1. The second-order valence-electron chi connectivity index (χ2n) is 4.26. The molecule has 0 aliphatic heterocycles. The van der Waals surface area contributed by atoms with Crippen molar-refractivity contribution in [2.45, 2.75) is 11.7 Å². The Morgan fingerprint density at radius 1 is 1.32 bits per heavy atom. The Hall–Kier alpha value is -2.19. The summed E-state index contributed by atoms with van der Waals surface area (Å²) in [4.78, 5) is 20.9. The zero-order valence-electron chi connectivity index (χ0n) is 11.4. The van der Waals surface area contributed by atoms with Crippen LogP contribution < -0.4 is 5.32 Å². The fourth-order valence-corrected chi connectivity index (χ4v) is 2.97. The molecule has 0 spiro atoms. The number of nitrogens with zero attached hydrogens (tertiary/aromatic N) is 3. The van der Waals surface area contributed by atoms with Gasteiger partial charge in [-0.25, -0.2) is 9.97 Å². The molecular weight excluding hydrogens is 320 g/mol. The average Bonchev–Trinajstić information content (AvgIpc) is 3.22. The van der Waals surface area contributed by atoms with Gasteiger partial charge in [0.2, 0.25) is 5.91 Å². The summed E-state index contributed by atoms with van der Waals surface area (Å²) < 4.78 is 5.25. The van der Waals surface area contributed by atoms with Gasteiger partial charge in [0.05, 0.1) is 17.2 Å². The Bertz CT molecular complexity index is 728. The molecule has 3 heterocycles. The van der Waals surface area contributed by atoms with Crippen LogP contribution in [0.5, 0.6) is 0 Å². The number of carbonyl (C=O) groups excluding carboxylic acids is 1. The van der Waals surface area contributed by atoms with Gasteiger partial charge >= 0.3 is 0 Å². The van der Waals surface area contributed by atoms with Crippen LogP contribution in [0.15, 0.2) is 51.7 Å². The second kappa shape index (κ2) is 7.19. The number of nitrogens with one attached hydrogen (secondary N) is 1. The van der Waals surface area contributed by atoms with Crippen LogP contribution in [0.2, 0.25) is 0 Å². The van der Waals surface area contributed by atoms with E-state index in [1.807, 2.05) is 23.6 Å². The molecule has 0 aliphatic carbocycles. The highest BCUT2D eigenvalue weighted by molar-refractivity contribution is 7.99. The van der Waals surface area contributed by atoms with Crippen LogP contribution in [0.1, 0.15) is 5.69 Å². The molecule has 1 amide bonds. The zero-order chi connectivity index (χ0) is 15.2. The van der Waals surface area contributed by atoms with Crippen molar-refractivity contribution in [2.75, 3.05) is 5.75 Å². The van der Waals surface area contributed by atoms with E-state index in [0.717, 1.165) is 4.88 Å². The number of rotatable bonds is 6. The Kier molecular flexibility index (Phi) is 4.81. The minimum absolute atomic E-state index is 0.0990. The molecule has 0 fully saturated rings. The summed E-state index contributed by atoms with van der Waals surface area (Å²) in [7, 11) is 0. The van der Waals surface area contributed by atoms with Gasteiger partial charge in [-0.05, 0) is 17.5 Å². The van der Waals surface area contributed by atoms with Gasteiger partial charge in [-0.1, -0.05) is 23.0 Å². The van der Waals surface area contributed by atoms with Gasteiger partial charge in [0.1, 0.15) is 5.69 Å². The van der Waals surface area contributed by atoms with Crippen molar-refractivity contribution in [3.8, 4) is 10.6 Å². The lowest BCUT2D eigenvalue weighted by molar-refractivity contribution is -0.118. The predicted octanol–water partition coefficient (Wildman–Crippen LogP) is 2.60. The maximum atomic E-state index is 11.8. The molecule has 0 saturated carbocycles. The van der Waals surface area contributed by atoms with Crippen LogP contribution in [0, 0.1) is 0 Å². The summed E-state index contributed by atoms with van der Waals surface area (Å²) in [6.07, 6.45) is 3.30. The third-order valence-corrected chi connectivity index (χ3v) is 4.42. The number of hydrogen-bond donors (Lipinski definition) is 1. The summed E-state index contributed by atoms with van der Waals surface area (Å²) in [6.45, 7) is 0.337. The maximum Gasteiger partial charge on any atom is 0.230 e. The van der Waals surface area contributed by atoms with E-state index in [0.29, 0.717) is 23.2 Å². The molecule has 3 rings (SSSR count). The fourth-order valence-electron chi connectivity index (χ4n) is 1.66. The zero-order valence-corrected chi connectivity index (χ0v) is 13.1. The molecule has 1 N–H and O–H groups in total. The van der Waals surface area contributed by atoms with Gasteiger partial charge in [0.15, 0.2) is 10.9 Å². The van der Waals surface area contributed by atoms with E-state index >= 15 is 0 Å². The minimum Gasteiger partial charge on any atom is -0.355 e. The molecule has 0 aliphatic rings. The van der Waals surface area contributed by atoms with E-state index in [9.17, 15) is 4.79 Å². The van der Waals surface area contributed by atoms with Gasteiger partial charge in [0.25, 0.3) is 0 Å². The smallest absolute Gasteiger partial charge is 0.230 e. The molecule has 0 unspecified atom stereocenters. The third kappa shape index (κ3) is 3.92. The Labute approximate surface area is 135 Å². The molecule has 0 atom stereocenters. The molecule has 112 valence electrons. The first-order valence-corrected chi connectivity index (χ1v) is 8.34. The van der Waals surface area contributed by atoms with E-state index in [2.05, 4.69) is 20.4 Å². The van der Waals surface area contributed by atoms with Crippen LogP contribution in [-0.4, -0.2) is 26.8 Å². The lowest BCUT2D eigenvalue weighted by Gasteiger charge is -2.01. The molecular formula is C14H12N4O2S2. The second-order valence-corrected chi connectivity index (χ2v) is 6.15. The first kappa shape index (κ1) is 14.7. The molecule has 0 bridgehead atoms. The van der Waals surface area contributed by atoms with Gasteiger partial charge in [-0.15, -0.1) is 11.3 Å². The first-order valence-electron chi connectivity index (χ1n) is 6.47. The van der Waals surface area contributed by atoms with Crippen LogP contribution in [0.4, 0.5) is 0 Å². The fraction of sp³-hybridized carbons (Fsp3) is 0.143. The van der Waals surface area contributed by atoms with Crippen molar-refractivity contribution in [1.29, 1.82) is 0 Å². The van der Waals surface area contributed by atoms with Crippen LogP contribution in [0.25, 0.3) is 10.6 Å². The predicted molar refractivity (Wildman–Crippen MR) is 84.4 cm³/mol. The van der Waals surface area contributed by atoms with E-state index in [-0.39, 0.29) is 11.7 Å². The number of carbonyl (C=O) groups is 1. The normalized spacial score (nSPS) is 10.5. The van der Waals surface area contributed by atoms with Gasteiger partial charge < -0.3 is 9.84 Å². The Balaban J connectivity index is 1.47. The van der Waals surface area contributed by atoms with E-state index in [4.69, 9.17) is 4.52 Å². The summed E-state index contributed by atoms with van der Waals surface area (Å²) in [5, 5.41) is 9.30. The summed E-state index contributed by atoms with van der Waals surface area (Å²) in [5.74, 6) is 0.879. The van der Waals surface area contributed by atoms with Crippen LogP contribution in [0.3, 0.4) is 0 Å². The molecule has 3 aromatic heterocycles. The van der Waals surface area contributed by atoms with Gasteiger partial charge in [0, 0.05) is 18.5 Å². The highest BCUT2D eigenvalue weighted by Gasteiger charge is 2.09. The molecule has 22 heavy (non-hydrogen) atoms. The van der Waals surface area contributed by atoms with Gasteiger partial charge in [-0.3, -0.25) is 4.79 Å². The average molecular weight is 332 g/mol. The lowest BCUT2D eigenvalue weighted by atomic mass is 10.3. The molecule has 0 radical (unpaired) electrons. The maximum absolute atomic E-state index is 11.8. The molecule has 3 aromatic rings. The molecule has 6 nitrogen and oxygen atoms in total. The van der Waals surface area contributed by atoms with Crippen molar-refractivity contribution in [2.24, 2.45) is 0 Å². The summed E-state index contributed by atoms with van der Waals surface area (Å²) >= 11 is 2.87. The summed E-state index contributed by atoms with van der Waals surface area (Å²) in [6, 6.07) is 7.48. The Morgan fingerprint density at radius 2 is 2.18 bits per heavy atom. The van der Waals surface area contributed by atoms with E-state index in [1.165, 1.54) is 11.8 Å². The van der Waals surface area contributed by atoms with Crippen LogP contribution >= 0.6 is 23.1 Å². The number of thioether (sulfide) groups is 1. The van der Waals surface area contributed by atoms with Gasteiger partial charge in [-0.2, -0.15) is 0 Å². The SMILES string of the molecule is O=C(CSc1ncccn1)NCc1cc(-c2cccs2)on1. The van der Waals surface area contributed by atoms with Crippen molar-refractivity contribution in [3.05, 3.63) is 47.7 Å². The summed E-state index contributed by atoms with van der Waals surface area (Å²) in [5.41, 5.74) is 0.692.